The third kappa shape index (κ3) is 4.67. The number of nitrogens with two attached hydrogens (primary N) is 1. The van der Waals surface area contributed by atoms with Crippen molar-refractivity contribution in [3.8, 4) is 0 Å². The topological polar surface area (TPSA) is 26.0 Å². The van der Waals surface area contributed by atoms with Crippen LogP contribution < -0.4 is 5.73 Å². The largest absolute Gasteiger partial charge is 0.324 e. The molecule has 1 rings (SSSR count). The Hall–Kier alpha value is -0.530. The van der Waals surface area contributed by atoms with Gasteiger partial charge in [-0.15, -0.1) is 12.4 Å². The predicted octanol–water partition coefficient (Wildman–Crippen LogP) is 3.77. The fourth-order valence-electron chi connectivity index (χ4n) is 1.87. The molecule has 0 unspecified atom stereocenters. The molecule has 86 valence electrons. The second-order valence-corrected chi connectivity index (χ2v) is 4.66. The van der Waals surface area contributed by atoms with Gasteiger partial charge in [0.25, 0.3) is 0 Å². The molecule has 1 aromatic carbocycles. The summed E-state index contributed by atoms with van der Waals surface area (Å²) < 4.78 is 0. The standard InChI is InChI=1S/C13H21N.ClH/c1-9(2)5-13(14)12-7-10(3)6-11(4)8-12;/h6-9,13H,5,14H2,1-4H3;1H/t13-;/m1./s1. The highest BCUT2D eigenvalue weighted by molar-refractivity contribution is 5.85. The van der Waals surface area contributed by atoms with Crippen molar-refractivity contribution in [2.75, 3.05) is 0 Å². The maximum absolute atomic E-state index is 6.13. The minimum atomic E-state index is 0. The van der Waals surface area contributed by atoms with Crippen molar-refractivity contribution in [1.82, 2.24) is 0 Å². The molecule has 0 radical (unpaired) electrons. The summed E-state index contributed by atoms with van der Waals surface area (Å²) in [6.07, 6.45) is 1.06. The molecule has 0 amide bonds. The first-order chi connectivity index (χ1) is 6.49. The van der Waals surface area contributed by atoms with Gasteiger partial charge in [-0.2, -0.15) is 0 Å². The maximum Gasteiger partial charge on any atom is 0.0297 e. The van der Waals surface area contributed by atoms with Crippen LogP contribution in [0, 0.1) is 19.8 Å². The molecule has 1 aromatic rings. The van der Waals surface area contributed by atoms with E-state index in [0.29, 0.717) is 5.92 Å². The first-order valence-electron chi connectivity index (χ1n) is 5.33. The van der Waals surface area contributed by atoms with Crippen LogP contribution in [0.3, 0.4) is 0 Å². The van der Waals surface area contributed by atoms with Gasteiger partial charge in [-0.3, -0.25) is 0 Å². The van der Waals surface area contributed by atoms with Crippen molar-refractivity contribution in [3.63, 3.8) is 0 Å². The Bertz CT molecular complexity index is 287. The highest BCUT2D eigenvalue weighted by Crippen LogP contribution is 2.20. The molecule has 0 heterocycles. The molecule has 15 heavy (non-hydrogen) atoms. The van der Waals surface area contributed by atoms with Crippen molar-refractivity contribution in [1.29, 1.82) is 0 Å². The van der Waals surface area contributed by atoms with Crippen LogP contribution in [-0.2, 0) is 0 Å². The van der Waals surface area contributed by atoms with E-state index >= 15 is 0 Å². The van der Waals surface area contributed by atoms with Gasteiger partial charge < -0.3 is 5.73 Å². The summed E-state index contributed by atoms with van der Waals surface area (Å²) >= 11 is 0. The normalized spacial score (nSPS) is 12.4. The lowest BCUT2D eigenvalue weighted by molar-refractivity contribution is 0.509. The first-order valence-corrected chi connectivity index (χ1v) is 5.33. The molecule has 0 aliphatic heterocycles. The average molecular weight is 228 g/mol. The van der Waals surface area contributed by atoms with E-state index in [1.807, 2.05) is 0 Å². The molecule has 0 spiro atoms. The van der Waals surface area contributed by atoms with Gasteiger partial charge in [0, 0.05) is 6.04 Å². The van der Waals surface area contributed by atoms with Crippen LogP contribution in [0.4, 0.5) is 0 Å². The Labute approximate surface area is 99.5 Å². The van der Waals surface area contributed by atoms with Gasteiger partial charge in [-0.1, -0.05) is 43.2 Å². The molecular formula is C13H22ClN. The highest BCUT2D eigenvalue weighted by Gasteiger charge is 2.08. The zero-order chi connectivity index (χ0) is 10.7. The van der Waals surface area contributed by atoms with Crippen LogP contribution in [0.2, 0.25) is 0 Å². The lowest BCUT2D eigenvalue weighted by atomic mass is 9.95. The number of hydrogen-bond acceptors (Lipinski definition) is 1. The van der Waals surface area contributed by atoms with Crippen molar-refractivity contribution < 1.29 is 0 Å². The van der Waals surface area contributed by atoms with E-state index in [1.54, 1.807) is 0 Å². The molecule has 0 saturated heterocycles. The average Bonchev–Trinajstić information content (AvgIpc) is 2.00. The fourth-order valence-corrected chi connectivity index (χ4v) is 1.87. The lowest BCUT2D eigenvalue weighted by Crippen LogP contribution is -2.13. The Morgan fingerprint density at radius 3 is 1.93 bits per heavy atom. The van der Waals surface area contributed by atoms with Crippen LogP contribution in [0.1, 0.15) is 43.0 Å². The van der Waals surface area contributed by atoms with Crippen molar-refractivity contribution >= 4 is 12.4 Å². The number of aryl methyl sites for hydroxylation is 2. The van der Waals surface area contributed by atoms with Gasteiger partial charge in [-0.25, -0.2) is 0 Å². The van der Waals surface area contributed by atoms with Gasteiger partial charge in [0.1, 0.15) is 0 Å². The highest BCUT2D eigenvalue weighted by atomic mass is 35.5. The second-order valence-electron chi connectivity index (χ2n) is 4.66. The molecule has 0 fully saturated rings. The van der Waals surface area contributed by atoms with Crippen LogP contribution in [0.5, 0.6) is 0 Å². The zero-order valence-corrected chi connectivity index (χ0v) is 10.9. The summed E-state index contributed by atoms with van der Waals surface area (Å²) in [4.78, 5) is 0. The minimum Gasteiger partial charge on any atom is -0.324 e. The van der Waals surface area contributed by atoms with Gasteiger partial charge in [0.05, 0.1) is 0 Å². The Balaban J connectivity index is 0.00000196. The number of benzene rings is 1. The molecule has 0 saturated carbocycles. The van der Waals surface area contributed by atoms with Crippen molar-refractivity contribution in [2.45, 2.75) is 40.2 Å². The van der Waals surface area contributed by atoms with E-state index in [1.165, 1.54) is 16.7 Å². The summed E-state index contributed by atoms with van der Waals surface area (Å²) in [5.41, 5.74) is 10.0. The van der Waals surface area contributed by atoms with Crippen LogP contribution in [0.25, 0.3) is 0 Å². The maximum atomic E-state index is 6.13. The van der Waals surface area contributed by atoms with Crippen LogP contribution in [0.15, 0.2) is 18.2 Å². The summed E-state index contributed by atoms with van der Waals surface area (Å²) in [6, 6.07) is 6.76. The van der Waals surface area contributed by atoms with E-state index in [4.69, 9.17) is 5.73 Å². The lowest BCUT2D eigenvalue weighted by Gasteiger charge is -2.15. The number of rotatable bonds is 3. The fraction of sp³-hybridized carbons (Fsp3) is 0.538. The summed E-state index contributed by atoms with van der Waals surface area (Å²) in [5.74, 6) is 0.658. The Kier molecular flexibility index (Phi) is 5.92. The first kappa shape index (κ1) is 14.5. The molecular weight excluding hydrogens is 206 g/mol. The molecule has 0 aromatic heterocycles. The van der Waals surface area contributed by atoms with E-state index in [0.717, 1.165) is 6.42 Å². The van der Waals surface area contributed by atoms with E-state index in [-0.39, 0.29) is 18.4 Å². The molecule has 0 bridgehead atoms. The van der Waals surface area contributed by atoms with Gasteiger partial charge in [0.2, 0.25) is 0 Å². The van der Waals surface area contributed by atoms with Crippen LogP contribution in [-0.4, -0.2) is 0 Å². The Morgan fingerprint density at radius 2 is 1.53 bits per heavy atom. The molecule has 0 aliphatic rings. The van der Waals surface area contributed by atoms with Crippen LogP contribution >= 0.6 is 12.4 Å². The molecule has 1 atom stereocenters. The molecule has 2 heteroatoms. The third-order valence-corrected chi connectivity index (χ3v) is 2.40. The predicted molar refractivity (Wildman–Crippen MR) is 69.5 cm³/mol. The SMILES string of the molecule is Cc1cc(C)cc([C@H](N)CC(C)C)c1.Cl. The number of halogens is 1. The zero-order valence-electron chi connectivity index (χ0n) is 10.1. The monoisotopic (exact) mass is 227 g/mol. The van der Waals surface area contributed by atoms with Crippen molar-refractivity contribution in [2.24, 2.45) is 11.7 Å². The molecule has 2 N–H and O–H groups in total. The second kappa shape index (κ2) is 6.14. The summed E-state index contributed by atoms with van der Waals surface area (Å²) in [5, 5.41) is 0. The molecule has 0 aliphatic carbocycles. The third-order valence-electron chi connectivity index (χ3n) is 2.40. The minimum absolute atomic E-state index is 0. The Morgan fingerprint density at radius 1 is 1.07 bits per heavy atom. The van der Waals surface area contributed by atoms with Gasteiger partial charge in [0.15, 0.2) is 0 Å². The van der Waals surface area contributed by atoms with E-state index in [9.17, 15) is 0 Å². The summed E-state index contributed by atoms with van der Waals surface area (Å²) in [6.45, 7) is 8.67. The quantitative estimate of drug-likeness (QED) is 0.836. The smallest absolute Gasteiger partial charge is 0.0297 e. The number of hydrogen-bond donors (Lipinski definition) is 1. The summed E-state index contributed by atoms with van der Waals surface area (Å²) in [7, 11) is 0. The van der Waals surface area contributed by atoms with Gasteiger partial charge >= 0.3 is 0 Å². The van der Waals surface area contributed by atoms with Gasteiger partial charge in [-0.05, 0) is 31.7 Å². The van der Waals surface area contributed by atoms with E-state index in [2.05, 4.69) is 45.9 Å². The molecule has 1 nitrogen and oxygen atoms in total. The van der Waals surface area contributed by atoms with Crippen molar-refractivity contribution in [3.05, 3.63) is 34.9 Å². The van der Waals surface area contributed by atoms with E-state index < -0.39 is 0 Å².